The number of hydrogen-bond acceptors (Lipinski definition) is 2. The maximum atomic E-state index is 9.99. The van der Waals surface area contributed by atoms with E-state index in [1.807, 2.05) is 12.4 Å². The lowest BCUT2D eigenvalue weighted by Crippen LogP contribution is -2.11. The fourth-order valence-corrected chi connectivity index (χ4v) is 2.77. The van der Waals surface area contributed by atoms with Crippen molar-refractivity contribution in [2.75, 3.05) is 0 Å². The van der Waals surface area contributed by atoms with E-state index in [1.165, 1.54) is 16.3 Å². The standard InChI is InChI=1S/C14H15NO/c16-14-6-2-5-13(14)12-4-1-3-10-9-15-8-7-11(10)12/h1,3-4,7-9,13-14,16H,2,5-6H2. The van der Waals surface area contributed by atoms with Crippen LogP contribution in [0.1, 0.15) is 30.7 Å². The van der Waals surface area contributed by atoms with Crippen LogP contribution in [0.2, 0.25) is 0 Å². The molecule has 0 radical (unpaired) electrons. The minimum atomic E-state index is -0.168. The number of aromatic nitrogens is 1. The van der Waals surface area contributed by atoms with Crippen LogP contribution >= 0.6 is 0 Å². The average Bonchev–Trinajstić information content (AvgIpc) is 2.75. The molecule has 1 aliphatic rings. The third-order valence-electron chi connectivity index (χ3n) is 3.59. The molecule has 1 aromatic heterocycles. The SMILES string of the molecule is OC1CCCC1c1cccc2cnccc12. The molecule has 1 saturated carbocycles. The van der Waals surface area contributed by atoms with Crippen LogP contribution in [0.5, 0.6) is 0 Å². The molecule has 0 spiro atoms. The summed E-state index contributed by atoms with van der Waals surface area (Å²) in [5, 5.41) is 12.4. The van der Waals surface area contributed by atoms with Gasteiger partial charge in [-0.3, -0.25) is 4.98 Å². The third kappa shape index (κ3) is 1.50. The van der Waals surface area contributed by atoms with Crippen LogP contribution in [0.15, 0.2) is 36.7 Å². The molecule has 2 heteroatoms. The zero-order valence-electron chi connectivity index (χ0n) is 9.13. The van der Waals surface area contributed by atoms with Gasteiger partial charge in [0.2, 0.25) is 0 Å². The zero-order valence-corrected chi connectivity index (χ0v) is 9.13. The highest BCUT2D eigenvalue weighted by molar-refractivity contribution is 5.85. The molecule has 0 saturated heterocycles. The maximum Gasteiger partial charge on any atom is 0.0608 e. The number of aliphatic hydroxyl groups excluding tert-OH is 1. The van der Waals surface area contributed by atoms with Gasteiger partial charge in [-0.1, -0.05) is 24.6 Å². The Morgan fingerprint density at radius 1 is 1.19 bits per heavy atom. The van der Waals surface area contributed by atoms with Gasteiger partial charge in [-0.2, -0.15) is 0 Å². The molecule has 2 aromatic rings. The van der Waals surface area contributed by atoms with Crippen LogP contribution < -0.4 is 0 Å². The first-order valence-corrected chi connectivity index (χ1v) is 5.87. The van der Waals surface area contributed by atoms with Crippen LogP contribution in [-0.4, -0.2) is 16.2 Å². The summed E-state index contributed by atoms with van der Waals surface area (Å²) in [4.78, 5) is 4.14. The summed E-state index contributed by atoms with van der Waals surface area (Å²) in [5.41, 5.74) is 1.28. The molecule has 82 valence electrons. The Kier molecular flexibility index (Phi) is 2.37. The van der Waals surface area contributed by atoms with Gasteiger partial charge < -0.3 is 5.11 Å². The summed E-state index contributed by atoms with van der Waals surface area (Å²) in [7, 11) is 0. The Labute approximate surface area is 94.9 Å². The average molecular weight is 213 g/mol. The Morgan fingerprint density at radius 3 is 2.94 bits per heavy atom. The molecule has 0 bridgehead atoms. The molecular weight excluding hydrogens is 198 g/mol. The molecule has 1 heterocycles. The number of pyridine rings is 1. The number of fused-ring (bicyclic) bond motifs is 1. The van der Waals surface area contributed by atoms with E-state index in [-0.39, 0.29) is 6.10 Å². The van der Waals surface area contributed by atoms with Crippen molar-refractivity contribution in [2.45, 2.75) is 31.3 Å². The minimum Gasteiger partial charge on any atom is -0.392 e. The van der Waals surface area contributed by atoms with Crippen molar-refractivity contribution in [3.05, 3.63) is 42.2 Å². The summed E-state index contributed by atoms with van der Waals surface area (Å²) >= 11 is 0. The second-order valence-electron chi connectivity index (χ2n) is 4.55. The van der Waals surface area contributed by atoms with Crippen LogP contribution in [0.25, 0.3) is 10.8 Å². The quantitative estimate of drug-likeness (QED) is 0.790. The summed E-state index contributed by atoms with van der Waals surface area (Å²) in [6.07, 6.45) is 6.72. The molecule has 0 amide bonds. The van der Waals surface area contributed by atoms with Gasteiger partial charge in [0.05, 0.1) is 6.10 Å². The van der Waals surface area contributed by atoms with Crippen molar-refractivity contribution < 1.29 is 5.11 Å². The Bertz CT molecular complexity index is 504. The molecule has 0 aliphatic heterocycles. The zero-order chi connectivity index (χ0) is 11.0. The van der Waals surface area contributed by atoms with Crippen molar-refractivity contribution in [3.8, 4) is 0 Å². The molecular formula is C14H15NO. The normalized spacial score (nSPS) is 25.1. The summed E-state index contributed by atoms with van der Waals surface area (Å²) in [5.74, 6) is 0.311. The Hall–Kier alpha value is -1.41. The first-order chi connectivity index (χ1) is 7.86. The smallest absolute Gasteiger partial charge is 0.0608 e. The van der Waals surface area contributed by atoms with E-state index in [9.17, 15) is 5.11 Å². The van der Waals surface area contributed by atoms with Crippen LogP contribution in [-0.2, 0) is 0 Å². The highest BCUT2D eigenvalue weighted by atomic mass is 16.3. The highest BCUT2D eigenvalue weighted by Gasteiger charge is 2.27. The molecule has 1 aliphatic carbocycles. The van der Waals surface area contributed by atoms with Gasteiger partial charge >= 0.3 is 0 Å². The van der Waals surface area contributed by atoms with Crippen LogP contribution in [0.4, 0.5) is 0 Å². The summed E-state index contributed by atoms with van der Waals surface area (Å²) < 4.78 is 0. The van der Waals surface area contributed by atoms with Crippen molar-refractivity contribution in [3.63, 3.8) is 0 Å². The number of aliphatic hydroxyl groups is 1. The van der Waals surface area contributed by atoms with Crippen LogP contribution in [0.3, 0.4) is 0 Å². The molecule has 1 aromatic carbocycles. The number of rotatable bonds is 1. The molecule has 2 atom stereocenters. The molecule has 1 N–H and O–H groups in total. The summed E-state index contributed by atoms with van der Waals surface area (Å²) in [6.45, 7) is 0. The van der Waals surface area contributed by atoms with E-state index < -0.39 is 0 Å². The van der Waals surface area contributed by atoms with Gasteiger partial charge in [-0.25, -0.2) is 0 Å². The topological polar surface area (TPSA) is 33.1 Å². The predicted octanol–water partition coefficient (Wildman–Crippen LogP) is 2.86. The predicted molar refractivity (Wildman–Crippen MR) is 64.3 cm³/mol. The van der Waals surface area contributed by atoms with E-state index in [0.29, 0.717) is 5.92 Å². The van der Waals surface area contributed by atoms with Crippen molar-refractivity contribution in [1.82, 2.24) is 4.98 Å². The molecule has 16 heavy (non-hydrogen) atoms. The fourth-order valence-electron chi connectivity index (χ4n) is 2.77. The molecule has 2 unspecified atom stereocenters. The number of benzene rings is 1. The van der Waals surface area contributed by atoms with E-state index in [4.69, 9.17) is 0 Å². The van der Waals surface area contributed by atoms with Gasteiger partial charge in [0.15, 0.2) is 0 Å². The van der Waals surface area contributed by atoms with Gasteiger partial charge in [-0.15, -0.1) is 0 Å². The van der Waals surface area contributed by atoms with Crippen molar-refractivity contribution >= 4 is 10.8 Å². The van der Waals surface area contributed by atoms with Gasteiger partial charge in [0, 0.05) is 23.7 Å². The molecule has 2 nitrogen and oxygen atoms in total. The fraction of sp³-hybridized carbons (Fsp3) is 0.357. The van der Waals surface area contributed by atoms with Gasteiger partial charge in [0.25, 0.3) is 0 Å². The van der Waals surface area contributed by atoms with Gasteiger partial charge in [0.1, 0.15) is 0 Å². The lowest BCUT2D eigenvalue weighted by Gasteiger charge is -2.16. The van der Waals surface area contributed by atoms with E-state index in [0.717, 1.165) is 19.3 Å². The number of nitrogens with zero attached hydrogens (tertiary/aromatic N) is 1. The lowest BCUT2D eigenvalue weighted by atomic mass is 9.92. The van der Waals surface area contributed by atoms with E-state index in [1.54, 1.807) is 0 Å². The largest absolute Gasteiger partial charge is 0.392 e. The first kappa shape index (κ1) is 9.79. The second kappa shape index (κ2) is 3.87. The maximum absolute atomic E-state index is 9.99. The number of hydrogen-bond donors (Lipinski definition) is 1. The molecule has 1 fully saturated rings. The second-order valence-corrected chi connectivity index (χ2v) is 4.55. The summed E-state index contributed by atoms with van der Waals surface area (Å²) in [6, 6.07) is 8.33. The van der Waals surface area contributed by atoms with E-state index in [2.05, 4.69) is 29.2 Å². The monoisotopic (exact) mass is 213 g/mol. The first-order valence-electron chi connectivity index (χ1n) is 5.87. The van der Waals surface area contributed by atoms with Crippen molar-refractivity contribution in [2.24, 2.45) is 0 Å². The lowest BCUT2D eigenvalue weighted by molar-refractivity contribution is 0.164. The van der Waals surface area contributed by atoms with Gasteiger partial charge in [-0.05, 0) is 29.9 Å². The van der Waals surface area contributed by atoms with Crippen molar-refractivity contribution in [1.29, 1.82) is 0 Å². The van der Waals surface area contributed by atoms with E-state index >= 15 is 0 Å². The third-order valence-corrected chi connectivity index (χ3v) is 3.59. The Balaban J connectivity index is 2.16. The minimum absolute atomic E-state index is 0.168. The highest BCUT2D eigenvalue weighted by Crippen LogP contribution is 2.37. The Morgan fingerprint density at radius 2 is 2.12 bits per heavy atom. The van der Waals surface area contributed by atoms with Crippen LogP contribution in [0, 0.1) is 0 Å². The molecule has 3 rings (SSSR count).